The van der Waals surface area contributed by atoms with Gasteiger partial charge < -0.3 is 10.1 Å². The number of hydrogen-bond donors (Lipinski definition) is 1. The number of hydrogen-bond acceptors (Lipinski definition) is 3. The molecular weight excluding hydrogens is 250 g/mol. The Kier molecular flexibility index (Phi) is 5.03. The standard InChI is InChI=1S/C13H22ClN3O/c1-15-12(8-10-4-3-5-10)13-11(14)9-16-17(13)6-7-18-2/h9-10,12,15H,3-8H2,1-2H3. The molecule has 1 aliphatic carbocycles. The van der Waals surface area contributed by atoms with Crippen LogP contribution in [-0.2, 0) is 11.3 Å². The minimum Gasteiger partial charge on any atom is -0.383 e. The van der Waals surface area contributed by atoms with Gasteiger partial charge in [0.1, 0.15) is 0 Å². The number of aromatic nitrogens is 2. The van der Waals surface area contributed by atoms with Crippen LogP contribution in [0, 0.1) is 5.92 Å². The van der Waals surface area contributed by atoms with Gasteiger partial charge in [-0.2, -0.15) is 5.10 Å². The summed E-state index contributed by atoms with van der Waals surface area (Å²) in [7, 11) is 3.70. The lowest BCUT2D eigenvalue weighted by Gasteiger charge is -2.30. The Morgan fingerprint density at radius 3 is 2.94 bits per heavy atom. The highest BCUT2D eigenvalue weighted by atomic mass is 35.5. The first kappa shape index (κ1) is 13.8. The van der Waals surface area contributed by atoms with Crippen LogP contribution in [0.5, 0.6) is 0 Å². The lowest BCUT2D eigenvalue weighted by molar-refractivity contribution is 0.180. The molecule has 1 heterocycles. The van der Waals surface area contributed by atoms with Crippen LogP contribution in [0.3, 0.4) is 0 Å². The first-order chi connectivity index (χ1) is 8.76. The second kappa shape index (κ2) is 6.55. The summed E-state index contributed by atoms with van der Waals surface area (Å²) >= 11 is 6.28. The highest BCUT2D eigenvalue weighted by molar-refractivity contribution is 6.31. The molecule has 1 aromatic heterocycles. The van der Waals surface area contributed by atoms with Crippen molar-refractivity contribution in [2.24, 2.45) is 5.92 Å². The molecule has 1 aliphatic rings. The van der Waals surface area contributed by atoms with Crippen LogP contribution < -0.4 is 5.32 Å². The molecule has 1 fully saturated rings. The molecule has 2 rings (SSSR count). The Morgan fingerprint density at radius 1 is 1.61 bits per heavy atom. The predicted octanol–water partition coefficient (Wildman–Crippen LogP) is 2.63. The monoisotopic (exact) mass is 271 g/mol. The second-order valence-corrected chi connectivity index (χ2v) is 5.37. The Balaban J connectivity index is 2.09. The maximum atomic E-state index is 6.28. The van der Waals surface area contributed by atoms with Crippen molar-refractivity contribution < 1.29 is 4.74 Å². The average molecular weight is 272 g/mol. The highest BCUT2D eigenvalue weighted by Gasteiger charge is 2.25. The van der Waals surface area contributed by atoms with Crippen molar-refractivity contribution in [2.45, 2.75) is 38.3 Å². The molecule has 4 nitrogen and oxygen atoms in total. The SMILES string of the molecule is CNC(CC1CCC1)c1c(Cl)cnn1CCOC. The third-order valence-electron chi connectivity index (χ3n) is 3.81. The van der Waals surface area contributed by atoms with Gasteiger partial charge in [0, 0.05) is 7.11 Å². The Labute approximate surface area is 114 Å². The molecule has 1 aromatic rings. The van der Waals surface area contributed by atoms with E-state index in [0.717, 1.165) is 29.6 Å². The molecule has 18 heavy (non-hydrogen) atoms. The summed E-state index contributed by atoms with van der Waals surface area (Å²) in [6.07, 6.45) is 6.95. The summed E-state index contributed by atoms with van der Waals surface area (Å²) in [5, 5.41) is 8.47. The fraction of sp³-hybridized carbons (Fsp3) is 0.769. The molecule has 102 valence electrons. The summed E-state index contributed by atoms with van der Waals surface area (Å²) in [6.45, 7) is 1.41. The Hall–Kier alpha value is -0.580. The number of rotatable bonds is 7. The number of nitrogens with one attached hydrogen (secondary N) is 1. The largest absolute Gasteiger partial charge is 0.383 e. The van der Waals surface area contributed by atoms with Gasteiger partial charge in [-0.05, 0) is 19.4 Å². The second-order valence-electron chi connectivity index (χ2n) is 4.97. The maximum absolute atomic E-state index is 6.28. The maximum Gasteiger partial charge on any atom is 0.0834 e. The summed E-state index contributed by atoms with van der Waals surface area (Å²) in [5.41, 5.74) is 1.10. The quantitative estimate of drug-likeness (QED) is 0.829. The highest BCUT2D eigenvalue weighted by Crippen LogP contribution is 2.36. The van der Waals surface area contributed by atoms with Crippen molar-refractivity contribution >= 4 is 11.6 Å². The number of halogens is 1. The normalized spacial score (nSPS) is 17.7. The van der Waals surface area contributed by atoms with Gasteiger partial charge in [0.25, 0.3) is 0 Å². The van der Waals surface area contributed by atoms with E-state index in [-0.39, 0.29) is 0 Å². The molecule has 0 radical (unpaired) electrons. The van der Waals surface area contributed by atoms with Gasteiger partial charge in [-0.15, -0.1) is 0 Å². The molecule has 1 unspecified atom stereocenters. The summed E-state index contributed by atoms with van der Waals surface area (Å²) in [5.74, 6) is 0.837. The average Bonchev–Trinajstić information content (AvgIpc) is 2.68. The smallest absolute Gasteiger partial charge is 0.0834 e. The molecule has 1 atom stereocenters. The topological polar surface area (TPSA) is 39.1 Å². The molecule has 0 amide bonds. The van der Waals surface area contributed by atoms with E-state index in [1.54, 1.807) is 13.3 Å². The van der Waals surface area contributed by atoms with Crippen molar-refractivity contribution in [1.29, 1.82) is 0 Å². The minimum atomic E-state index is 0.294. The van der Waals surface area contributed by atoms with Gasteiger partial charge in [0.2, 0.25) is 0 Å². The zero-order chi connectivity index (χ0) is 13.0. The van der Waals surface area contributed by atoms with Gasteiger partial charge in [-0.25, -0.2) is 0 Å². The van der Waals surface area contributed by atoms with E-state index in [1.165, 1.54) is 19.3 Å². The Bertz CT molecular complexity index is 376. The van der Waals surface area contributed by atoms with Gasteiger partial charge in [-0.1, -0.05) is 30.9 Å². The third-order valence-corrected chi connectivity index (χ3v) is 4.10. The molecule has 1 saturated carbocycles. The number of nitrogens with zero attached hydrogens (tertiary/aromatic N) is 2. The fourth-order valence-electron chi connectivity index (χ4n) is 2.50. The van der Waals surface area contributed by atoms with Crippen LogP contribution in [0.25, 0.3) is 0 Å². The van der Waals surface area contributed by atoms with Crippen molar-refractivity contribution in [2.75, 3.05) is 20.8 Å². The number of ether oxygens (including phenoxy) is 1. The van der Waals surface area contributed by atoms with Crippen LogP contribution in [0.2, 0.25) is 5.02 Å². The summed E-state index contributed by atoms with van der Waals surface area (Å²) < 4.78 is 7.08. The van der Waals surface area contributed by atoms with E-state index < -0.39 is 0 Å². The lowest BCUT2D eigenvalue weighted by atomic mass is 9.80. The molecule has 0 aromatic carbocycles. The molecule has 0 aliphatic heterocycles. The molecular formula is C13H22ClN3O. The van der Waals surface area contributed by atoms with Crippen LogP contribution in [0.1, 0.15) is 37.4 Å². The molecule has 5 heteroatoms. The van der Waals surface area contributed by atoms with Crippen LogP contribution >= 0.6 is 11.6 Å². The minimum absolute atomic E-state index is 0.294. The van der Waals surface area contributed by atoms with E-state index in [4.69, 9.17) is 16.3 Å². The van der Waals surface area contributed by atoms with E-state index in [9.17, 15) is 0 Å². The van der Waals surface area contributed by atoms with Crippen LogP contribution in [0.15, 0.2) is 6.20 Å². The van der Waals surface area contributed by atoms with Crippen molar-refractivity contribution in [3.8, 4) is 0 Å². The van der Waals surface area contributed by atoms with Crippen molar-refractivity contribution in [3.63, 3.8) is 0 Å². The van der Waals surface area contributed by atoms with Crippen molar-refractivity contribution in [1.82, 2.24) is 15.1 Å². The Morgan fingerprint density at radius 2 is 2.39 bits per heavy atom. The van der Waals surface area contributed by atoms with E-state index in [1.807, 2.05) is 11.7 Å². The number of methoxy groups -OCH3 is 1. The zero-order valence-corrected chi connectivity index (χ0v) is 11.9. The third kappa shape index (κ3) is 3.05. The van der Waals surface area contributed by atoms with Gasteiger partial charge in [0.05, 0.1) is 36.1 Å². The van der Waals surface area contributed by atoms with E-state index in [0.29, 0.717) is 12.6 Å². The van der Waals surface area contributed by atoms with Gasteiger partial charge >= 0.3 is 0 Å². The summed E-state index contributed by atoms with van der Waals surface area (Å²) in [6, 6.07) is 0.294. The molecule has 0 spiro atoms. The first-order valence-electron chi connectivity index (χ1n) is 6.63. The molecule has 1 N–H and O–H groups in total. The summed E-state index contributed by atoms with van der Waals surface area (Å²) in [4.78, 5) is 0. The van der Waals surface area contributed by atoms with Crippen molar-refractivity contribution in [3.05, 3.63) is 16.9 Å². The lowest BCUT2D eigenvalue weighted by Crippen LogP contribution is -2.26. The fourth-order valence-corrected chi connectivity index (χ4v) is 2.78. The predicted molar refractivity (Wildman–Crippen MR) is 72.9 cm³/mol. The van der Waals surface area contributed by atoms with E-state index in [2.05, 4.69) is 10.4 Å². The zero-order valence-electron chi connectivity index (χ0n) is 11.2. The van der Waals surface area contributed by atoms with Gasteiger partial charge in [-0.3, -0.25) is 4.68 Å². The van der Waals surface area contributed by atoms with Crippen LogP contribution in [-0.4, -0.2) is 30.5 Å². The molecule has 0 bridgehead atoms. The molecule has 0 saturated heterocycles. The van der Waals surface area contributed by atoms with E-state index >= 15 is 0 Å². The first-order valence-corrected chi connectivity index (χ1v) is 7.01. The van der Waals surface area contributed by atoms with Crippen LogP contribution in [0.4, 0.5) is 0 Å². The van der Waals surface area contributed by atoms with Gasteiger partial charge in [0.15, 0.2) is 0 Å².